The molecule has 118 valence electrons. The smallest absolute Gasteiger partial charge is 0.197 e. The van der Waals surface area contributed by atoms with E-state index in [9.17, 15) is 12.6 Å². The summed E-state index contributed by atoms with van der Waals surface area (Å²) in [7, 11) is -4.44. The SMILES string of the molecule is CCCCS(=O)(=O)C1NN=C(S(=O)C(CC)CCC)S1. The lowest BCUT2D eigenvalue weighted by atomic mass is 10.2. The maximum Gasteiger partial charge on any atom is 0.197 e. The number of nitrogens with one attached hydrogen (secondary N) is 1. The molecule has 0 spiro atoms. The van der Waals surface area contributed by atoms with E-state index < -0.39 is 25.3 Å². The first kappa shape index (κ1) is 18.0. The molecule has 0 bridgehead atoms. The molecular formula is C12H24N2O3S3. The van der Waals surface area contributed by atoms with Gasteiger partial charge in [-0.05, 0) is 19.3 Å². The maximum atomic E-state index is 12.4. The molecule has 0 amide bonds. The second-order valence-corrected chi connectivity index (χ2v) is 10.3. The molecule has 3 unspecified atom stereocenters. The van der Waals surface area contributed by atoms with Crippen LogP contribution in [0.4, 0.5) is 0 Å². The van der Waals surface area contributed by atoms with Crippen LogP contribution in [0.1, 0.15) is 52.9 Å². The van der Waals surface area contributed by atoms with Gasteiger partial charge in [-0.25, -0.2) is 8.42 Å². The van der Waals surface area contributed by atoms with Gasteiger partial charge in [0, 0.05) is 5.25 Å². The number of sulfone groups is 1. The third kappa shape index (κ3) is 4.73. The zero-order chi connectivity index (χ0) is 15.2. The summed E-state index contributed by atoms with van der Waals surface area (Å²) in [6.07, 6.45) is 4.13. The van der Waals surface area contributed by atoms with Crippen molar-refractivity contribution in [2.24, 2.45) is 5.10 Å². The Labute approximate surface area is 128 Å². The Balaban J connectivity index is 2.64. The molecule has 3 atom stereocenters. The normalized spacial score (nSPS) is 22.1. The van der Waals surface area contributed by atoms with Gasteiger partial charge >= 0.3 is 0 Å². The molecule has 0 aromatic heterocycles. The molecule has 1 aliphatic rings. The average Bonchev–Trinajstić information content (AvgIpc) is 2.92. The van der Waals surface area contributed by atoms with Crippen molar-refractivity contribution in [1.82, 2.24) is 5.43 Å². The topological polar surface area (TPSA) is 75.6 Å². The van der Waals surface area contributed by atoms with Crippen molar-refractivity contribution < 1.29 is 12.6 Å². The Morgan fingerprint density at radius 3 is 2.60 bits per heavy atom. The molecule has 0 radical (unpaired) electrons. The van der Waals surface area contributed by atoms with Crippen LogP contribution in [-0.2, 0) is 20.6 Å². The number of rotatable bonds is 8. The molecule has 1 rings (SSSR count). The van der Waals surface area contributed by atoms with E-state index >= 15 is 0 Å². The van der Waals surface area contributed by atoms with E-state index in [2.05, 4.69) is 17.5 Å². The summed E-state index contributed by atoms with van der Waals surface area (Å²) in [6, 6.07) is 0. The monoisotopic (exact) mass is 340 g/mol. The highest BCUT2D eigenvalue weighted by molar-refractivity contribution is 8.37. The second-order valence-electron chi connectivity index (χ2n) is 4.79. The van der Waals surface area contributed by atoms with Crippen molar-refractivity contribution in [3.63, 3.8) is 0 Å². The van der Waals surface area contributed by atoms with Crippen LogP contribution in [0.3, 0.4) is 0 Å². The van der Waals surface area contributed by atoms with E-state index in [1.54, 1.807) is 0 Å². The van der Waals surface area contributed by atoms with Gasteiger partial charge in [-0.2, -0.15) is 5.10 Å². The van der Waals surface area contributed by atoms with E-state index in [4.69, 9.17) is 0 Å². The van der Waals surface area contributed by atoms with Gasteiger partial charge in [0.1, 0.15) is 0 Å². The maximum absolute atomic E-state index is 12.4. The predicted octanol–water partition coefficient (Wildman–Crippen LogP) is 2.42. The molecular weight excluding hydrogens is 316 g/mol. The van der Waals surface area contributed by atoms with Gasteiger partial charge in [-0.3, -0.25) is 9.63 Å². The fraction of sp³-hybridized carbons (Fsp3) is 0.917. The Morgan fingerprint density at radius 1 is 1.35 bits per heavy atom. The van der Waals surface area contributed by atoms with Crippen molar-refractivity contribution >= 4 is 36.8 Å². The predicted molar refractivity (Wildman–Crippen MR) is 87.8 cm³/mol. The molecule has 8 heteroatoms. The molecule has 0 saturated heterocycles. The molecule has 1 heterocycles. The Hall–Kier alpha value is -0.0800. The van der Waals surface area contributed by atoms with Crippen molar-refractivity contribution in [3.05, 3.63) is 0 Å². The largest absolute Gasteiger partial charge is 0.280 e. The van der Waals surface area contributed by atoms with Crippen molar-refractivity contribution in [2.75, 3.05) is 5.75 Å². The highest BCUT2D eigenvalue weighted by atomic mass is 32.3. The number of hydrazone groups is 1. The summed E-state index contributed by atoms with van der Waals surface area (Å²) >= 11 is 1.10. The lowest BCUT2D eigenvalue weighted by Gasteiger charge is -2.13. The Morgan fingerprint density at radius 2 is 2.05 bits per heavy atom. The first-order valence-electron chi connectivity index (χ1n) is 7.08. The van der Waals surface area contributed by atoms with E-state index in [0.29, 0.717) is 10.8 Å². The van der Waals surface area contributed by atoms with Gasteiger partial charge in [0.15, 0.2) is 18.9 Å². The van der Waals surface area contributed by atoms with Crippen LogP contribution in [0.25, 0.3) is 0 Å². The quantitative estimate of drug-likeness (QED) is 0.734. The highest BCUT2D eigenvalue weighted by Gasteiger charge is 2.34. The van der Waals surface area contributed by atoms with Gasteiger partial charge in [0.05, 0.1) is 16.6 Å². The molecule has 20 heavy (non-hydrogen) atoms. The lowest BCUT2D eigenvalue weighted by molar-refractivity contribution is 0.582. The van der Waals surface area contributed by atoms with Crippen molar-refractivity contribution in [3.8, 4) is 0 Å². The zero-order valence-corrected chi connectivity index (χ0v) is 14.7. The molecule has 5 nitrogen and oxygen atoms in total. The Kier molecular flexibility index (Phi) is 7.53. The van der Waals surface area contributed by atoms with Gasteiger partial charge in [0.25, 0.3) is 0 Å². The number of thioether (sulfide) groups is 1. The summed E-state index contributed by atoms with van der Waals surface area (Å²) in [5.41, 5.74) is 2.63. The summed E-state index contributed by atoms with van der Waals surface area (Å²) < 4.78 is 36.2. The average molecular weight is 341 g/mol. The third-order valence-corrected chi connectivity index (χ3v) is 8.91. The van der Waals surface area contributed by atoms with E-state index in [-0.39, 0.29) is 11.0 Å². The van der Waals surface area contributed by atoms with Crippen LogP contribution in [0.5, 0.6) is 0 Å². The van der Waals surface area contributed by atoms with Gasteiger partial charge < -0.3 is 0 Å². The Bertz CT molecular complexity index is 463. The lowest BCUT2D eigenvalue weighted by Crippen LogP contribution is -2.29. The highest BCUT2D eigenvalue weighted by Crippen LogP contribution is 2.27. The minimum Gasteiger partial charge on any atom is -0.280 e. The van der Waals surface area contributed by atoms with Crippen molar-refractivity contribution in [1.29, 1.82) is 0 Å². The number of hydrogen-bond acceptors (Lipinski definition) is 6. The summed E-state index contributed by atoms with van der Waals surface area (Å²) in [5, 5.41) is 4.05. The minimum absolute atomic E-state index is 0.0603. The van der Waals surface area contributed by atoms with E-state index in [1.807, 2.05) is 13.8 Å². The summed E-state index contributed by atoms with van der Waals surface area (Å²) in [5.74, 6) is 0.149. The molecule has 1 aliphatic heterocycles. The molecule has 0 aliphatic carbocycles. The van der Waals surface area contributed by atoms with E-state index in [0.717, 1.165) is 37.4 Å². The fourth-order valence-corrected chi connectivity index (χ4v) is 6.98. The third-order valence-electron chi connectivity index (χ3n) is 3.12. The summed E-state index contributed by atoms with van der Waals surface area (Å²) in [4.78, 5) is 0. The van der Waals surface area contributed by atoms with Crippen molar-refractivity contribution in [2.45, 2.75) is 62.8 Å². The number of nitrogens with zero attached hydrogens (tertiary/aromatic N) is 1. The van der Waals surface area contributed by atoms with Crippen LogP contribution in [-0.4, -0.2) is 32.7 Å². The zero-order valence-electron chi connectivity index (χ0n) is 12.3. The van der Waals surface area contributed by atoms with Gasteiger partial charge in [-0.1, -0.05) is 45.4 Å². The number of unbranched alkanes of at least 4 members (excludes halogenated alkanes) is 1. The second kappa shape index (κ2) is 8.38. The molecule has 0 aromatic rings. The van der Waals surface area contributed by atoms with Crippen LogP contribution >= 0.6 is 11.8 Å². The first-order valence-corrected chi connectivity index (χ1v) is 10.9. The number of hydrogen-bond donors (Lipinski definition) is 1. The molecule has 0 fully saturated rings. The molecule has 1 N–H and O–H groups in total. The molecule has 0 aromatic carbocycles. The van der Waals surface area contributed by atoms with Gasteiger partial charge in [-0.15, -0.1) is 0 Å². The van der Waals surface area contributed by atoms with Gasteiger partial charge in [0.2, 0.25) is 0 Å². The standard InChI is InChI=1S/C12H24N2O3S3/c1-4-7-9-20(16,17)12-14-13-11(18-12)19(15)10(6-3)8-5-2/h10,12,14H,4-9H2,1-3H3. The summed E-state index contributed by atoms with van der Waals surface area (Å²) in [6.45, 7) is 6.01. The van der Waals surface area contributed by atoms with Crippen LogP contribution < -0.4 is 5.43 Å². The molecule has 0 saturated carbocycles. The van der Waals surface area contributed by atoms with Crippen LogP contribution in [0, 0.1) is 0 Å². The van der Waals surface area contributed by atoms with Crippen LogP contribution in [0.15, 0.2) is 5.10 Å². The fourth-order valence-electron chi connectivity index (χ4n) is 1.88. The minimum atomic E-state index is -3.23. The van der Waals surface area contributed by atoms with Crippen LogP contribution in [0.2, 0.25) is 0 Å². The first-order chi connectivity index (χ1) is 9.46. The van der Waals surface area contributed by atoms with E-state index in [1.165, 1.54) is 0 Å².